The van der Waals surface area contributed by atoms with Gasteiger partial charge in [0.25, 0.3) is 0 Å². The van der Waals surface area contributed by atoms with E-state index in [1.54, 1.807) is 0 Å². The second-order valence-electron chi connectivity index (χ2n) is 6.06. The number of carbonyl (C=O) groups excluding carboxylic acids is 2. The molecule has 0 unspecified atom stereocenters. The molecule has 24 heavy (non-hydrogen) atoms. The maximum absolute atomic E-state index is 12.0. The lowest BCUT2D eigenvalue weighted by Gasteiger charge is -2.22. The van der Waals surface area contributed by atoms with Crippen molar-refractivity contribution in [2.75, 3.05) is 5.32 Å². The topological polar surface area (TPSA) is 68.3 Å². The van der Waals surface area contributed by atoms with E-state index in [2.05, 4.69) is 10.3 Å². The molecule has 6 heteroatoms. The molecule has 0 atom stereocenters. The third-order valence-corrected chi connectivity index (χ3v) is 4.94. The van der Waals surface area contributed by atoms with Crippen LogP contribution in [0.2, 0.25) is 0 Å². The third kappa shape index (κ3) is 4.41. The van der Waals surface area contributed by atoms with Gasteiger partial charge in [0.2, 0.25) is 5.91 Å². The molecule has 1 fully saturated rings. The molecule has 1 N–H and O–H groups in total. The Morgan fingerprint density at radius 3 is 2.71 bits per heavy atom. The number of hydrogen-bond acceptors (Lipinski definition) is 5. The molecule has 0 spiro atoms. The third-order valence-electron chi connectivity index (χ3n) is 4.05. The minimum atomic E-state index is -0.132. The summed E-state index contributed by atoms with van der Waals surface area (Å²) in [6, 6.07) is 7.65. The second-order valence-corrected chi connectivity index (χ2v) is 7.00. The summed E-state index contributed by atoms with van der Waals surface area (Å²) in [4.78, 5) is 28.1. The zero-order chi connectivity index (χ0) is 16.9. The van der Waals surface area contributed by atoms with Crippen LogP contribution in [-0.2, 0) is 27.4 Å². The normalized spacial score (nSPS) is 14.0. The van der Waals surface area contributed by atoms with Crippen molar-refractivity contribution in [1.82, 2.24) is 4.98 Å². The Morgan fingerprint density at radius 2 is 2.04 bits per heavy atom. The van der Waals surface area contributed by atoms with Crippen molar-refractivity contribution in [3.05, 3.63) is 45.9 Å². The number of amides is 1. The Labute approximate surface area is 145 Å². The van der Waals surface area contributed by atoms with Crippen LogP contribution >= 0.6 is 11.3 Å². The van der Waals surface area contributed by atoms with Crippen LogP contribution in [0.5, 0.6) is 0 Å². The highest BCUT2D eigenvalue weighted by Crippen LogP contribution is 2.27. The standard InChI is InChI=1S/C18H20N2O3S/c1-12-5-7-14(8-6-12)19-16(21)9-17-20-15(11-24-17)10-23-18(22)13-3-2-4-13/h5-8,11,13H,2-4,9-10H2,1H3,(H,19,21). The van der Waals surface area contributed by atoms with E-state index in [-0.39, 0.29) is 30.8 Å². The number of aryl methyl sites for hydroxylation is 1. The van der Waals surface area contributed by atoms with Gasteiger partial charge in [-0.15, -0.1) is 11.3 Å². The Hall–Kier alpha value is -2.21. The molecule has 5 nitrogen and oxygen atoms in total. The molecule has 126 valence electrons. The highest BCUT2D eigenvalue weighted by Gasteiger charge is 2.26. The van der Waals surface area contributed by atoms with E-state index in [1.807, 2.05) is 36.6 Å². The summed E-state index contributed by atoms with van der Waals surface area (Å²) in [6.45, 7) is 2.19. The van der Waals surface area contributed by atoms with E-state index >= 15 is 0 Å². The summed E-state index contributed by atoms with van der Waals surface area (Å²) in [5.74, 6) is -0.164. The molecule has 1 amide bonds. The fourth-order valence-electron chi connectivity index (χ4n) is 2.38. The molecule has 1 heterocycles. The number of esters is 1. The lowest BCUT2D eigenvalue weighted by atomic mass is 9.86. The van der Waals surface area contributed by atoms with Gasteiger partial charge in [0.05, 0.1) is 18.0 Å². The van der Waals surface area contributed by atoms with Crippen molar-refractivity contribution >= 4 is 28.9 Å². The monoisotopic (exact) mass is 344 g/mol. The van der Waals surface area contributed by atoms with Gasteiger partial charge < -0.3 is 10.1 Å². The number of nitrogens with zero attached hydrogens (tertiary/aromatic N) is 1. The van der Waals surface area contributed by atoms with Crippen LogP contribution in [0.4, 0.5) is 5.69 Å². The molecule has 2 aromatic rings. The Balaban J connectivity index is 1.47. The van der Waals surface area contributed by atoms with Gasteiger partial charge in [-0.1, -0.05) is 24.1 Å². The minimum absolute atomic E-state index is 0.0726. The lowest BCUT2D eigenvalue weighted by molar-refractivity contribution is -0.152. The van der Waals surface area contributed by atoms with Crippen LogP contribution in [0.15, 0.2) is 29.6 Å². The lowest BCUT2D eigenvalue weighted by Crippen LogP contribution is -2.24. The van der Waals surface area contributed by atoms with Crippen LogP contribution in [0.1, 0.15) is 35.5 Å². The van der Waals surface area contributed by atoms with Crippen LogP contribution in [0.3, 0.4) is 0 Å². The highest BCUT2D eigenvalue weighted by atomic mass is 32.1. The Morgan fingerprint density at radius 1 is 1.29 bits per heavy atom. The SMILES string of the molecule is Cc1ccc(NC(=O)Cc2nc(COC(=O)C3CCC3)cs2)cc1. The summed E-state index contributed by atoms with van der Waals surface area (Å²) in [5, 5.41) is 5.40. The van der Waals surface area contributed by atoms with E-state index < -0.39 is 0 Å². The van der Waals surface area contributed by atoms with Gasteiger partial charge in [0.15, 0.2) is 0 Å². The van der Waals surface area contributed by atoms with Gasteiger partial charge in [-0.05, 0) is 31.9 Å². The number of aromatic nitrogens is 1. The molecule has 1 aromatic heterocycles. The van der Waals surface area contributed by atoms with Gasteiger partial charge in [0, 0.05) is 11.1 Å². The molecule has 1 aliphatic rings. The molecule has 1 saturated carbocycles. The van der Waals surface area contributed by atoms with Crippen LogP contribution < -0.4 is 5.32 Å². The average molecular weight is 344 g/mol. The van der Waals surface area contributed by atoms with Gasteiger partial charge in [0.1, 0.15) is 11.6 Å². The zero-order valence-corrected chi connectivity index (χ0v) is 14.4. The molecular weight excluding hydrogens is 324 g/mol. The summed E-state index contributed by atoms with van der Waals surface area (Å²) in [5.41, 5.74) is 2.62. The molecule has 1 aliphatic carbocycles. The number of anilines is 1. The number of nitrogens with one attached hydrogen (secondary N) is 1. The Bertz CT molecular complexity index is 720. The summed E-state index contributed by atoms with van der Waals surface area (Å²) in [6.07, 6.45) is 3.19. The number of hydrogen-bond donors (Lipinski definition) is 1. The van der Waals surface area contributed by atoms with Crippen molar-refractivity contribution in [3.63, 3.8) is 0 Å². The van der Waals surface area contributed by atoms with Crippen molar-refractivity contribution in [2.45, 2.75) is 39.2 Å². The van der Waals surface area contributed by atoms with Gasteiger partial charge in [-0.3, -0.25) is 9.59 Å². The number of rotatable bonds is 6. The summed E-state index contributed by atoms with van der Waals surface area (Å²) in [7, 11) is 0. The number of benzene rings is 1. The number of ether oxygens (including phenoxy) is 1. The molecule has 0 radical (unpaired) electrons. The predicted molar refractivity (Wildman–Crippen MR) is 92.8 cm³/mol. The largest absolute Gasteiger partial charge is 0.459 e. The molecule has 0 saturated heterocycles. The van der Waals surface area contributed by atoms with E-state index in [0.29, 0.717) is 10.7 Å². The van der Waals surface area contributed by atoms with Crippen molar-refractivity contribution < 1.29 is 14.3 Å². The first-order valence-corrected chi connectivity index (χ1v) is 8.94. The van der Waals surface area contributed by atoms with Crippen molar-refractivity contribution in [3.8, 4) is 0 Å². The molecule has 0 aliphatic heterocycles. The minimum Gasteiger partial charge on any atom is -0.459 e. The van der Waals surface area contributed by atoms with E-state index in [4.69, 9.17) is 4.74 Å². The van der Waals surface area contributed by atoms with E-state index in [1.165, 1.54) is 11.3 Å². The van der Waals surface area contributed by atoms with Crippen LogP contribution in [-0.4, -0.2) is 16.9 Å². The average Bonchev–Trinajstić information content (AvgIpc) is 2.93. The quantitative estimate of drug-likeness (QED) is 0.815. The summed E-state index contributed by atoms with van der Waals surface area (Å²) < 4.78 is 5.26. The van der Waals surface area contributed by atoms with E-state index in [0.717, 1.165) is 30.5 Å². The Kier molecular flexibility index (Phi) is 5.25. The first kappa shape index (κ1) is 16.6. The van der Waals surface area contributed by atoms with Crippen LogP contribution in [0, 0.1) is 12.8 Å². The smallest absolute Gasteiger partial charge is 0.309 e. The first-order chi connectivity index (χ1) is 11.6. The van der Waals surface area contributed by atoms with E-state index in [9.17, 15) is 9.59 Å². The van der Waals surface area contributed by atoms with Crippen molar-refractivity contribution in [2.24, 2.45) is 5.92 Å². The predicted octanol–water partition coefficient (Wildman–Crippen LogP) is 3.48. The first-order valence-electron chi connectivity index (χ1n) is 8.06. The maximum Gasteiger partial charge on any atom is 0.309 e. The number of thiazole rings is 1. The summed E-state index contributed by atoms with van der Waals surface area (Å²) >= 11 is 1.41. The fourth-order valence-corrected chi connectivity index (χ4v) is 3.16. The zero-order valence-electron chi connectivity index (χ0n) is 13.6. The fraction of sp³-hybridized carbons (Fsp3) is 0.389. The molecule has 1 aromatic carbocycles. The number of carbonyl (C=O) groups is 2. The van der Waals surface area contributed by atoms with Gasteiger partial charge in [-0.2, -0.15) is 0 Å². The van der Waals surface area contributed by atoms with Gasteiger partial charge >= 0.3 is 5.97 Å². The highest BCUT2D eigenvalue weighted by molar-refractivity contribution is 7.09. The second kappa shape index (κ2) is 7.57. The van der Waals surface area contributed by atoms with Crippen molar-refractivity contribution in [1.29, 1.82) is 0 Å². The molecule has 3 rings (SSSR count). The maximum atomic E-state index is 12.0. The van der Waals surface area contributed by atoms with Gasteiger partial charge in [-0.25, -0.2) is 4.98 Å². The van der Waals surface area contributed by atoms with Crippen LogP contribution in [0.25, 0.3) is 0 Å². The molecule has 0 bridgehead atoms. The molecular formula is C18H20N2O3S.